The molecular formula is C68H131NO5. The largest absolute Gasteiger partial charge is 0.466 e. The van der Waals surface area contributed by atoms with E-state index in [4.69, 9.17) is 4.74 Å². The van der Waals surface area contributed by atoms with Gasteiger partial charge in [0.25, 0.3) is 0 Å². The van der Waals surface area contributed by atoms with E-state index < -0.39 is 12.1 Å². The van der Waals surface area contributed by atoms with Crippen molar-refractivity contribution >= 4 is 11.9 Å². The van der Waals surface area contributed by atoms with Crippen LogP contribution in [0.15, 0.2) is 24.3 Å². The Hall–Kier alpha value is -1.66. The van der Waals surface area contributed by atoms with E-state index in [0.29, 0.717) is 25.9 Å². The van der Waals surface area contributed by atoms with Crippen molar-refractivity contribution in [3.8, 4) is 0 Å². The Labute approximate surface area is 462 Å². The molecule has 0 aromatic heterocycles. The zero-order valence-electron chi connectivity index (χ0n) is 50.1. The zero-order chi connectivity index (χ0) is 53.6. The number of ether oxygens (including phenoxy) is 1. The fourth-order valence-electron chi connectivity index (χ4n) is 10.6. The highest BCUT2D eigenvalue weighted by Crippen LogP contribution is 2.19. The van der Waals surface area contributed by atoms with Crippen molar-refractivity contribution in [2.45, 2.75) is 386 Å². The van der Waals surface area contributed by atoms with E-state index in [-0.39, 0.29) is 18.5 Å². The number of rotatable bonds is 63. The minimum atomic E-state index is -0.659. The SMILES string of the molecule is CCCCCC/C=C\C/C=C\CCCCCCCCCC(=O)OCCCCCCCCCCCCCCCCCCCCCCCCCCCCCCCCC(=O)NC(CO)C(O)CCCCCCCCCCC. The molecule has 74 heavy (non-hydrogen) atoms. The smallest absolute Gasteiger partial charge is 0.305 e. The Kier molecular flexibility index (Phi) is 62.4. The molecule has 0 aliphatic carbocycles. The molecule has 2 unspecified atom stereocenters. The Morgan fingerprint density at radius 1 is 0.378 bits per heavy atom. The van der Waals surface area contributed by atoms with Gasteiger partial charge in [-0.15, -0.1) is 0 Å². The Morgan fingerprint density at radius 3 is 1.04 bits per heavy atom. The lowest BCUT2D eigenvalue weighted by Crippen LogP contribution is -2.45. The maximum Gasteiger partial charge on any atom is 0.305 e. The summed E-state index contributed by atoms with van der Waals surface area (Å²) < 4.78 is 5.50. The summed E-state index contributed by atoms with van der Waals surface area (Å²) in [6.45, 7) is 4.94. The summed E-state index contributed by atoms with van der Waals surface area (Å²) in [5.74, 6) is -0.0189. The van der Waals surface area contributed by atoms with E-state index in [1.807, 2.05) is 0 Å². The summed E-state index contributed by atoms with van der Waals surface area (Å²) >= 11 is 0. The second kappa shape index (κ2) is 63.9. The average Bonchev–Trinajstić information content (AvgIpc) is 3.40. The number of unbranched alkanes of at least 4 members (excludes halogenated alkanes) is 48. The van der Waals surface area contributed by atoms with Crippen LogP contribution in [0.25, 0.3) is 0 Å². The van der Waals surface area contributed by atoms with E-state index in [1.165, 1.54) is 289 Å². The molecule has 2 atom stereocenters. The van der Waals surface area contributed by atoms with Gasteiger partial charge in [-0.05, 0) is 57.8 Å². The quantitative estimate of drug-likeness (QED) is 0.0320. The molecule has 0 aromatic rings. The van der Waals surface area contributed by atoms with Crippen molar-refractivity contribution < 1.29 is 24.5 Å². The lowest BCUT2D eigenvalue weighted by Gasteiger charge is -2.22. The molecule has 0 fully saturated rings. The highest BCUT2D eigenvalue weighted by Gasteiger charge is 2.20. The third-order valence-corrected chi connectivity index (χ3v) is 15.8. The van der Waals surface area contributed by atoms with Crippen LogP contribution in [0.5, 0.6) is 0 Å². The number of aliphatic hydroxyl groups excluding tert-OH is 2. The van der Waals surface area contributed by atoms with E-state index in [0.717, 1.165) is 51.4 Å². The van der Waals surface area contributed by atoms with Gasteiger partial charge in [0.2, 0.25) is 5.91 Å². The molecule has 0 aromatic carbocycles. The summed E-state index contributed by atoms with van der Waals surface area (Å²) in [7, 11) is 0. The van der Waals surface area contributed by atoms with Crippen molar-refractivity contribution in [1.82, 2.24) is 5.32 Å². The molecule has 6 nitrogen and oxygen atoms in total. The molecule has 0 aliphatic rings. The lowest BCUT2D eigenvalue weighted by atomic mass is 10.0. The fraction of sp³-hybridized carbons (Fsp3) is 0.912. The van der Waals surface area contributed by atoms with E-state index in [1.54, 1.807) is 0 Å². The third-order valence-electron chi connectivity index (χ3n) is 15.8. The first-order chi connectivity index (χ1) is 36.5. The van der Waals surface area contributed by atoms with Gasteiger partial charge in [0.1, 0.15) is 0 Å². The number of amides is 1. The monoisotopic (exact) mass is 1040 g/mol. The summed E-state index contributed by atoms with van der Waals surface area (Å²) in [5, 5.41) is 23.1. The summed E-state index contributed by atoms with van der Waals surface area (Å²) in [6.07, 6.45) is 79.5. The molecule has 0 radical (unpaired) electrons. The zero-order valence-corrected chi connectivity index (χ0v) is 50.1. The molecular weight excluding hydrogens is 911 g/mol. The number of hydrogen-bond acceptors (Lipinski definition) is 5. The second-order valence-corrected chi connectivity index (χ2v) is 23.2. The summed E-state index contributed by atoms with van der Waals surface area (Å²) in [6, 6.07) is -0.536. The number of aliphatic hydroxyl groups is 2. The Balaban J connectivity index is 3.29. The first-order valence-corrected chi connectivity index (χ1v) is 33.6. The van der Waals surface area contributed by atoms with Crippen LogP contribution in [-0.2, 0) is 14.3 Å². The predicted molar refractivity (Wildman–Crippen MR) is 324 cm³/mol. The van der Waals surface area contributed by atoms with Crippen molar-refractivity contribution in [3.05, 3.63) is 24.3 Å². The van der Waals surface area contributed by atoms with Crippen molar-refractivity contribution in [3.63, 3.8) is 0 Å². The molecule has 3 N–H and O–H groups in total. The highest BCUT2D eigenvalue weighted by atomic mass is 16.5. The number of carbonyl (C=O) groups excluding carboxylic acids is 2. The Morgan fingerprint density at radius 2 is 0.676 bits per heavy atom. The van der Waals surface area contributed by atoms with Gasteiger partial charge in [0, 0.05) is 12.8 Å². The summed E-state index contributed by atoms with van der Waals surface area (Å²) in [5.41, 5.74) is 0. The molecule has 6 heteroatoms. The molecule has 0 heterocycles. The lowest BCUT2D eigenvalue weighted by molar-refractivity contribution is -0.143. The van der Waals surface area contributed by atoms with Gasteiger partial charge in [-0.3, -0.25) is 9.59 Å². The van der Waals surface area contributed by atoms with Gasteiger partial charge in [-0.1, -0.05) is 327 Å². The average molecular weight is 1040 g/mol. The molecule has 438 valence electrons. The fourth-order valence-corrected chi connectivity index (χ4v) is 10.6. The van der Waals surface area contributed by atoms with Gasteiger partial charge in [0.15, 0.2) is 0 Å². The van der Waals surface area contributed by atoms with Gasteiger partial charge >= 0.3 is 5.97 Å². The van der Waals surface area contributed by atoms with Crippen molar-refractivity contribution in [2.24, 2.45) is 0 Å². The van der Waals surface area contributed by atoms with Crippen molar-refractivity contribution in [2.75, 3.05) is 13.2 Å². The molecule has 0 bridgehead atoms. The van der Waals surface area contributed by atoms with Crippen LogP contribution in [0, 0.1) is 0 Å². The van der Waals surface area contributed by atoms with Gasteiger partial charge in [0.05, 0.1) is 25.4 Å². The maximum absolute atomic E-state index is 12.4. The number of allylic oxidation sites excluding steroid dienone is 4. The number of esters is 1. The minimum absolute atomic E-state index is 0.0131. The second-order valence-electron chi connectivity index (χ2n) is 23.2. The van der Waals surface area contributed by atoms with Gasteiger partial charge in [-0.25, -0.2) is 0 Å². The molecule has 0 aliphatic heterocycles. The molecule has 0 saturated heterocycles. The van der Waals surface area contributed by atoms with Crippen LogP contribution in [0.1, 0.15) is 373 Å². The topological polar surface area (TPSA) is 95.9 Å². The number of carbonyl (C=O) groups is 2. The van der Waals surface area contributed by atoms with Gasteiger partial charge in [-0.2, -0.15) is 0 Å². The van der Waals surface area contributed by atoms with Crippen LogP contribution in [0.4, 0.5) is 0 Å². The predicted octanol–water partition coefficient (Wildman–Crippen LogP) is 21.4. The first-order valence-electron chi connectivity index (χ1n) is 33.6. The minimum Gasteiger partial charge on any atom is -0.466 e. The van der Waals surface area contributed by atoms with Crippen molar-refractivity contribution in [1.29, 1.82) is 0 Å². The van der Waals surface area contributed by atoms with E-state index in [9.17, 15) is 19.8 Å². The number of hydrogen-bond donors (Lipinski definition) is 3. The molecule has 0 rings (SSSR count). The number of nitrogens with one attached hydrogen (secondary N) is 1. The maximum atomic E-state index is 12.4. The van der Waals surface area contributed by atoms with Crippen LogP contribution >= 0.6 is 0 Å². The van der Waals surface area contributed by atoms with Crippen LogP contribution in [0.2, 0.25) is 0 Å². The van der Waals surface area contributed by atoms with Crippen LogP contribution in [0.3, 0.4) is 0 Å². The third kappa shape index (κ3) is 59.6. The normalized spacial score (nSPS) is 12.6. The molecule has 1 amide bonds. The summed E-state index contributed by atoms with van der Waals surface area (Å²) in [4.78, 5) is 24.5. The molecule has 0 saturated carbocycles. The highest BCUT2D eigenvalue weighted by molar-refractivity contribution is 5.76. The Bertz CT molecular complexity index is 1150. The molecule has 0 spiro atoms. The first kappa shape index (κ1) is 72.3. The van der Waals surface area contributed by atoms with E-state index >= 15 is 0 Å². The van der Waals surface area contributed by atoms with E-state index in [2.05, 4.69) is 43.5 Å². The standard InChI is InChI=1S/C68H131NO5/c1-3-5-7-9-11-13-14-15-16-17-33-36-39-42-46-50-54-58-62-68(73)74-63-59-55-51-47-43-40-37-34-31-29-27-25-23-21-19-18-20-22-24-26-28-30-32-35-38-41-45-49-53-57-61-67(72)69-65(64-70)66(71)60-56-52-48-44-12-10-8-6-4-2/h13-14,16-17,65-66,70-71H,3-12,15,18-64H2,1-2H3,(H,69,72)/b14-13-,17-16-. The van der Waals surface area contributed by atoms with Crippen LogP contribution < -0.4 is 5.32 Å². The van der Waals surface area contributed by atoms with Gasteiger partial charge < -0.3 is 20.3 Å². The van der Waals surface area contributed by atoms with Crippen LogP contribution in [-0.4, -0.2) is 47.4 Å².